The van der Waals surface area contributed by atoms with Crippen LogP contribution in [0.3, 0.4) is 0 Å². The Morgan fingerprint density at radius 1 is 1.47 bits per heavy atom. The van der Waals surface area contributed by atoms with Gasteiger partial charge in [0.15, 0.2) is 0 Å². The lowest BCUT2D eigenvalue weighted by atomic mass is 9.79. The molecule has 0 aliphatic heterocycles. The second kappa shape index (κ2) is 6.50. The van der Waals surface area contributed by atoms with Gasteiger partial charge in [-0.1, -0.05) is 6.92 Å². The summed E-state index contributed by atoms with van der Waals surface area (Å²) in [6, 6.07) is 0. The van der Waals surface area contributed by atoms with Crippen molar-refractivity contribution in [1.82, 2.24) is 15.1 Å². The summed E-state index contributed by atoms with van der Waals surface area (Å²) in [6.45, 7) is 4.24. The lowest BCUT2D eigenvalue weighted by Crippen LogP contribution is -2.43. The summed E-state index contributed by atoms with van der Waals surface area (Å²) < 4.78 is 1.73. The van der Waals surface area contributed by atoms with Gasteiger partial charge in [-0.2, -0.15) is 5.10 Å². The minimum Gasteiger partial charge on any atom is -0.394 e. The molecule has 1 aliphatic carbocycles. The van der Waals surface area contributed by atoms with Gasteiger partial charge < -0.3 is 15.5 Å². The smallest absolute Gasteiger partial charge is 0.0771 e. The van der Waals surface area contributed by atoms with Gasteiger partial charge in [0.1, 0.15) is 0 Å². The molecule has 19 heavy (non-hydrogen) atoms. The lowest BCUT2D eigenvalue weighted by Gasteiger charge is -2.35. The third kappa shape index (κ3) is 4.30. The maximum Gasteiger partial charge on any atom is 0.0771 e. The van der Waals surface area contributed by atoms with E-state index >= 15 is 0 Å². The highest BCUT2D eigenvalue weighted by Gasteiger charge is 2.31. The Morgan fingerprint density at radius 3 is 2.89 bits per heavy atom. The maximum atomic E-state index is 10.4. The van der Waals surface area contributed by atoms with Crippen LogP contribution in [0.15, 0.2) is 12.4 Å². The number of aliphatic hydroxyl groups is 2. The molecule has 2 rings (SSSR count). The molecule has 5 heteroatoms. The van der Waals surface area contributed by atoms with Crippen LogP contribution in [0.1, 0.15) is 38.2 Å². The van der Waals surface area contributed by atoms with Gasteiger partial charge in [0.05, 0.1) is 24.9 Å². The number of hydrogen-bond acceptors (Lipinski definition) is 4. The lowest BCUT2D eigenvalue weighted by molar-refractivity contribution is -0.00630. The number of nitrogens with zero attached hydrogens (tertiary/aromatic N) is 2. The van der Waals surface area contributed by atoms with Crippen molar-refractivity contribution in [3.8, 4) is 0 Å². The Balaban J connectivity index is 1.73. The van der Waals surface area contributed by atoms with E-state index in [1.54, 1.807) is 10.9 Å². The first-order valence-electron chi connectivity index (χ1n) is 7.16. The van der Waals surface area contributed by atoms with Crippen LogP contribution in [0.4, 0.5) is 0 Å². The number of aliphatic hydroxyl groups excluding tert-OH is 1. The molecule has 108 valence electrons. The molecule has 1 aromatic heterocycles. The predicted molar refractivity (Wildman–Crippen MR) is 73.6 cm³/mol. The van der Waals surface area contributed by atoms with Crippen LogP contribution in [0, 0.1) is 5.92 Å². The molecular formula is C14H25N3O2. The van der Waals surface area contributed by atoms with Crippen LogP contribution in [0.2, 0.25) is 0 Å². The summed E-state index contributed by atoms with van der Waals surface area (Å²) in [6.07, 6.45) is 7.75. The standard InChI is InChI=1S/C14H25N3O2/c1-12-2-4-14(19,5-3-12)11-15-8-13-9-16-17(10-13)6-7-18/h9-10,12,15,18-19H,2-8,11H2,1H3. The number of nitrogens with one attached hydrogen (secondary N) is 1. The Kier molecular flexibility index (Phi) is 4.96. The van der Waals surface area contributed by atoms with Crippen LogP contribution in [-0.2, 0) is 13.1 Å². The average Bonchev–Trinajstić information content (AvgIpc) is 2.82. The third-order valence-electron chi connectivity index (χ3n) is 4.00. The predicted octanol–water partition coefficient (Wildman–Crippen LogP) is 0.906. The molecule has 0 bridgehead atoms. The van der Waals surface area contributed by atoms with Gasteiger partial charge >= 0.3 is 0 Å². The van der Waals surface area contributed by atoms with E-state index < -0.39 is 5.60 Å². The van der Waals surface area contributed by atoms with E-state index in [0.29, 0.717) is 19.6 Å². The molecule has 0 unspecified atom stereocenters. The molecule has 1 saturated carbocycles. The normalized spacial score (nSPS) is 27.6. The topological polar surface area (TPSA) is 70.3 Å². The molecule has 0 radical (unpaired) electrons. The van der Waals surface area contributed by atoms with E-state index in [1.807, 2.05) is 6.20 Å². The fraction of sp³-hybridized carbons (Fsp3) is 0.786. The highest BCUT2D eigenvalue weighted by molar-refractivity contribution is 5.03. The molecule has 3 N–H and O–H groups in total. The van der Waals surface area contributed by atoms with Gasteiger partial charge in [0, 0.05) is 24.8 Å². The zero-order valence-corrected chi connectivity index (χ0v) is 11.7. The number of aromatic nitrogens is 2. The minimum absolute atomic E-state index is 0.104. The molecule has 5 nitrogen and oxygen atoms in total. The molecule has 1 fully saturated rings. The van der Waals surface area contributed by atoms with Crippen molar-refractivity contribution in [1.29, 1.82) is 0 Å². The van der Waals surface area contributed by atoms with Crippen molar-refractivity contribution < 1.29 is 10.2 Å². The molecular weight excluding hydrogens is 242 g/mol. The Bertz CT molecular complexity index is 384. The van der Waals surface area contributed by atoms with Crippen molar-refractivity contribution in [3.63, 3.8) is 0 Å². The minimum atomic E-state index is -0.534. The van der Waals surface area contributed by atoms with Crippen molar-refractivity contribution in [2.75, 3.05) is 13.2 Å². The van der Waals surface area contributed by atoms with Gasteiger partial charge in [-0.3, -0.25) is 4.68 Å². The van der Waals surface area contributed by atoms with Crippen LogP contribution < -0.4 is 5.32 Å². The van der Waals surface area contributed by atoms with Gasteiger partial charge in [0.2, 0.25) is 0 Å². The van der Waals surface area contributed by atoms with E-state index in [4.69, 9.17) is 5.11 Å². The summed E-state index contributed by atoms with van der Waals surface area (Å²) in [7, 11) is 0. The molecule has 1 aliphatic rings. The van der Waals surface area contributed by atoms with Gasteiger partial charge in [0.25, 0.3) is 0 Å². The van der Waals surface area contributed by atoms with Gasteiger partial charge in [-0.15, -0.1) is 0 Å². The molecule has 0 spiro atoms. The van der Waals surface area contributed by atoms with E-state index in [1.165, 1.54) is 0 Å². The summed E-state index contributed by atoms with van der Waals surface area (Å²) in [4.78, 5) is 0. The quantitative estimate of drug-likeness (QED) is 0.716. The Hall–Kier alpha value is -0.910. The van der Waals surface area contributed by atoms with Gasteiger partial charge in [-0.05, 0) is 31.6 Å². The average molecular weight is 267 g/mol. The molecule has 0 atom stereocenters. The van der Waals surface area contributed by atoms with Crippen molar-refractivity contribution in [2.24, 2.45) is 5.92 Å². The van der Waals surface area contributed by atoms with E-state index in [-0.39, 0.29) is 6.61 Å². The van der Waals surface area contributed by atoms with Crippen molar-refractivity contribution in [2.45, 2.75) is 51.3 Å². The molecule has 0 saturated heterocycles. The zero-order chi connectivity index (χ0) is 13.7. The fourth-order valence-corrected chi connectivity index (χ4v) is 2.64. The fourth-order valence-electron chi connectivity index (χ4n) is 2.64. The second-order valence-electron chi connectivity index (χ2n) is 5.85. The summed E-state index contributed by atoms with van der Waals surface area (Å²) in [5.74, 6) is 0.747. The molecule has 1 heterocycles. The Morgan fingerprint density at radius 2 is 2.21 bits per heavy atom. The van der Waals surface area contributed by atoms with Crippen LogP contribution in [-0.4, -0.2) is 38.7 Å². The number of rotatable bonds is 6. The zero-order valence-electron chi connectivity index (χ0n) is 11.7. The van der Waals surface area contributed by atoms with Crippen molar-refractivity contribution >= 4 is 0 Å². The summed E-state index contributed by atoms with van der Waals surface area (Å²) >= 11 is 0. The SMILES string of the molecule is CC1CCC(O)(CNCc2cnn(CCO)c2)CC1. The van der Waals surface area contributed by atoms with Crippen molar-refractivity contribution in [3.05, 3.63) is 18.0 Å². The monoisotopic (exact) mass is 267 g/mol. The summed E-state index contributed by atoms with van der Waals surface area (Å²) in [5, 5.41) is 26.7. The first-order valence-corrected chi connectivity index (χ1v) is 7.16. The number of hydrogen-bond donors (Lipinski definition) is 3. The highest BCUT2D eigenvalue weighted by atomic mass is 16.3. The van der Waals surface area contributed by atoms with Gasteiger partial charge in [-0.25, -0.2) is 0 Å². The van der Waals surface area contributed by atoms with E-state index in [0.717, 1.165) is 37.2 Å². The van der Waals surface area contributed by atoms with Crippen LogP contribution in [0.25, 0.3) is 0 Å². The van der Waals surface area contributed by atoms with E-state index in [9.17, 15) is 5.11 Å². The second-order valence-corrected chi connectivity index (χ2v) is 5.85. The maximum absolute atomic E-state index is 10.4. The Labute approximate surface area is 114 Å². The molecule has 0 aromatic carbocycles. The van der Waals surface area contributed by atoms with Crippen LogP contribution >= 0.6 is 0 Å². The highest BCUT2D eigenvalue weighted by Crippen LogP contribution is 2.31. The van der Waals surface area contributed by atoms with Crippen LogP contribution in [0.5, 0.6) is 0 Å². The van der Waals surface area contributed by atoms with E-state index in [2.05, 4.69) is 17.3 Å². The molecule has 1 aromatic rings. The third-order valence-corrected chi connectivity index (χ3v) is 4.00. The molecule has 0 amide bonds. The first-order chi connectivity index (χ1) is 9.11. The summed E-state index contributed by atoms with van der Waals surface area (Å²) in [5.41, 5.74) is 0.550. The largest absolute Gasteiger partial charge is 0.394 e. The first kappa shape index (κ1) is 14.5.